The summed E-state index contributed by atoms with van der Waals surface area (Å²) in [5.41, 5.74) is 2.93. The lowest BCUT2D eigenvalue weighted by molar-refractivity contribution is -0.179. The van der Waals surface area contributed by atoms with Gasteiger partial charge in [-0.2, -0.15) is 0 Å². The van der Waals surface area contributed by atoms with E-state index < -0.39 is 0 Å². The van der Waals surface area contributed by atoms with E-state index >= 15 is 0 Å². The van der Waals surface area contributed by atoms with E-state index in [1.807, 2.05) is 0 Å². The summed E-state index contributed by atoms with van der Waals surface area (Å²) in [5, 5.41) is 10.6. The molecule has 4 fully saturated rings. The van der Waals surface area contributed by atoms with Gasteiger partial charge in [0.05, 0.1) is 6.10 Å². The molecule has 0 saturated heterocycles. The van der Waals surface area contributed by atoms with Gasteiger partial charge in [-0.05, 0) is 122 Å². The van der Waals surface area contributed by atoms with E-state index in [2.05, 4.69) is 55.0 Å². The molecule has 0 radical (unpaired) electrons. The van der Waals surface area contributed by atoms with E-state index in [0.29, 0.717) is 28.1 Å². The molecule has 0 heterocycles. The van der Waals surface area contributed by atoms with Gasteiger partial charge in [0.2, 0.25) is 0 Å². The van der Waals surface area contributed by atoms with Gasteiger partial charge in [-0.1, -0.05) is 60.6 Å². The lowest BCUT2D eigenvalue weighted by Gasteiger charge is -2.66. The van der Waals surface area contributed by atoms with E-state index in [4.69, 9.17) is 0 Å². The van der Waals surface area contributed by atoms with Crippen LogP contribution in [0, 0.1) is 57.7 Å². The van der Waals surface area contributed by atoms with Crippen LogP contribution in [-0.4, -0.2) is 11.2 Å². The second-order valence-electron chi connectivity index (χ2n) is 13.7. The molecule has 4 rings (SSSR count). The quantitative estimate of drug-likeness (QED) is 0.437. The summed E-state index contributed by atoms with van der Waals surface area (Å²) < 4.78 is 0. The van der Waals surface area contributed by atoms with Crippen molar-refractivity contribution in [2.24, 2.45) is 57.7 Å². The number of aliphatic hydroxyl groups excluding tert-OH is 1. The van der Waals surface area contributed by atoms with Gasteiger partial charge in [0, 0.05) is 0 Å². The third-order valence-corrected chi connectivity index (χ3v) is 12.5. The van der Waals surface area contributed by atoms with E-state index in [0.717, 1.165) is 36.0 Å². The van der Waals surface area contributed by atoms with E-state index in [9.17, 15) is 5.11 Å². The zero-order chi connectivity index (χ0) is 22.8. The van der Waals surface area contributed by atoms with Crippen molar-refractivity contribution in [3.63, 3.8) is 0 Å². The van der Waals surface area contributed by atoms with E-state index in [-0.39, 0.29) is 6.10 Å². The first-order valence-corrected chi connectivity index (χ1v) is 13.8. The molecule has 4 aliphatic carbocycles. The average molecular weight is 429 g/mol. The largest absolute Gasteiger partial charge is 0.393 e. The Morgan fingerprint density at radius 2 is 1.52 bits per heavy atom. The maximum absolute atomic E-state index is 10.6. The third-order valence-electron chi connectivity index (χ3n) is 12.5. The Hall–Kier alpha value is -0.300. The molecule has 10 atom stereocenters. The predicted octanol–water partition coefficient (Wildman–Crippen LogP) is 8.27. The molecule has 0 bridgehead atoms. The van der Waals surface area contributed by atoms with E-state index in [1.165, 1.54) is 63.4 Å². The Morgan fingerprint density at radius 1 is 0.871 bits per heavy atom. The van der Waals surface area contributed by atoms with E-state index in [1.54, 1.807) is 0 Å². The summed E-state index contributed by atoms with van der Waals surface area (Å²) in [6, 6.07) is 0. The third kappa shape index (κ3) is 3.50. The van der Waals surface area contributed by atoms with Gasteiger partial charge in [0.15, 0.2) is 0 Å². The highest BCUT2D eigenvalue weighted by Gasteiger charge is 2.66. The van der Waals surface area contributed by atoms with Crippen LogP contribution in [0.5, 0.6) is 0 Å². The molecule has 0 amide bonds. The van der Waals surface area contributed by atoms with Gasteiger partial charge >= 0.3 is 0 Å². The van der Waals surface area contributed by atoms with Crippen molar-refractivity contribution in [3.8, 4) is 0 Å². The first kappa shape index (κ1) is 23.8. The molecular weight excluding hydrogens is 376 g/mol. The fraction of sp³-hybridized carbons (Fsp3) is 0.933. The monoisotopic (exact) mass is 428 g/mol. The number of fused-ring (bicyclic) bond motifs is 5. The molecule has 31 heavy (non-hydrogen) atoms. The zero-order valence-corrected chi connectivity index (χ0v) is 21.8. The van der Waals surface area contributed by atoms with Crippen LogP contribution in [-0.2, 0) is 0 Å². The summed E-state index contributed by atoms with van der Waals surface area (Å²) in [5.74, 6) is 5.34. The van der Waals surface area contributed by atoms with Gasteiger partial charge in [0.1, 0.15) is 0 Å². The summed E-state index contributed by atoms with van der Waals surface area (Å²) in [4.78, 5) is 0. The smallest absolute Gasteiger partial charge is 0.0568 e. The fourth-order valence-electron chi connectivity index (χ4n) is 9.98. The van der Waals surface area contributed by atoms with Crippen LogP contribution >= 0.6 is 0 Å². The summed E-state index contributed by atoms with van der Waals surface area (Å²) >= 11 is 0. The molecule has 0 aromatic carbocycles. The lowest BCUT2D eigenvalue weighted by Crippen LogP contribution is -2.59. The minimum absolute atomic E-state index is 0.0589. The molecule has 4 saturated carbocycles. The van der Waals surface area contributed by atoms with Crippen molar-refractivity contribution in [1.29, 1.82) is 0 Å². The Balaban J connectivity index is 1.54. The van der Waals surface area contributed by atoms with Crippen molar-refractivity contribution in [3.05, 3.63) is 12.2 Å². The molecule has 4 aliphatic rings. The van der Waals surface area contributed by atoms with Gasteiger partial charge in [-0.3, -0.25) is 0 Å². The molecule has 1 heteroatoms. The molecule has 0 aliphatic heterocycles. The molecule has 1 N–H and O–H groups in total. The fourth-order valence-corrected chi connectivity index (χ4v) is 9.98. The first-order valence-electron chi connectivity index (χ1n) is 13.8. The number of allylic oxidation sites excluding steroid dienone is 1. The number of hydrogen-bond acceptors (Lipinski definition) is 1. The maximum atomic E-state index is 10.6. The van der Waals surface area contributed by atoms with Crippen molar-refractivity contribution in [2.75, 3.05) is 0 Å². The van der Waals surface area contributed by atoms with Crippen molar-refractivity contribution >= 4 is 0 Å². The molecule has 0 spiro atoms. The lowest BCUT2D eigenvalue weighted by atomic mass is 9.39. The maximum Gasteiger partial charge on any atom is 0.0568 e. The second kappa shape index (κ2) is 8.18. The second-order valence-corrected chi connectivity index (χ2v) is 13.7. The number of hydrogen-bond donors (Lipinski definition) is 1. The Bertz CT molecular complexity index is 680. The zero-order valence-electron chi connectivity index (χ0n) is 21.8. The highest BCUT2D eigenvalue weighted by molar-refractivity contribution is 5.15. The van der Waals surface area contributed by atoms with Gasteiger partial charge < -0.3 is 5.11 Å². The summed E-state index contributed by atoms with van der Waals surface area (Å²) in [7, 11) is 0. The van der Waals surface area contributed by atoms with Crippen LogP contribution in [0.3, 0.4) is 0 Å². The average Bonchev–Trinajstić information content (AvgIpc) is 3.00. The molecule has 0 aromatic heterocycles. The summed E-state index contributed by atoms with van der Waals surface area (Å²) in [6.07, 6.45) is 13.3. The van der Waals surface area contributed by atoms with Crippen LogP contribution < -0.4 is 0 Å². The minimum atomic E-state index is -0.0589. The van der Waals surface area contributed by atoms with Crippen LogP contribution in [0.15, 0.2) is 12.2 Å². The van der Waals surface area contributed by atoms with Crippen molar-refractivity contribution in [2.45, 2.75) is 119 Å². The topological polar surface area (TPSA) is 20.2 Å². The standard InChI is InChI=1S/C30H52O/c1-19(2)20(3)9-10-21(4)23-13-17-30(8)26-12-11-24-22(5)27(31)15-16-28(24,6)25(26)14-18-29(23,30)7/h19,21-27,31H,3,9-18H2,1-2,4-8H3/t21-,22+,23-,24+,25+,26-,27+,28+,29-,30+/m1/s1. The van der Waals surface area contributed by atoms with Gasteiger partial charge in [-0.25, -0.2) is 0 Å². The first-order chi connectivity index (χ1) is 14.5. The Labute approximate surface area is 193 Å². The van der Waals surface area contributed by atoms with Crippen LogP contribution in [0.25, 0.3) is 0 Å². The van der Waals surface area contributed by atoms with Crippen molar-refractivity contribution < 1.29 is 5.11 Å². The highest BCUT2D eigenvalue weighted by atomic mass is 16.3. The van der Waals surface area contributed by atoms with Crippen molar-refractivity contribution in [1.82, 2.24) is 0 Å². The highest BCUT2D eigenvalue weighted by Crippen LogP contribution is 2.73. The Morgan fingerprint density at radius 3 is 2.19 bits per heavy atom. The number of rotatable bonds is 5. The Kier molecular flexibility index (Phi) is 6.29. The minimum Gasteiger partial charge on any atom is -0.393 e. The molecule has 1 nitrogen and oxygen atoms in total. The van der Waals surface area contributed by atoms with Crippen LogP contribution in [0.4, 0.5) is 0 Å². The molecule has 178 valence electrons. The molecular formula is C30H52O. The van der Waals surface area contributed by atoms with Gasteiger partial charge in [0.25, 0.3) is 0 Å². The summed E-state index contributed by atoms with van der Waals surface area (Å²) in [6.45, 7) is 21.9. The number of aliphatic hydroxyl groups is 1. The molecule has 0 unspecified atom stereocenters. The van der Waals surface area contributed by atoms with Crippen LogP contribution in [0.2, 0.25) is 0 Å². The predicted molar refractivity (Wildman–Crippen MR) is 133 cm³/mol. The molecule has 0 aromatic rings. The van der Waals surface area contributed by atoms with Gasteiger partial charge in [-0.15, -0.1) is 0 Å². The SMILES string of the molecule is C=C(CC[C@@H](C)[C@H]1CC[C@@]2(C)[C@@H]3CC[C@H]4[C@H](C)[C@@H](O)CC[C@]4(C)[C@H]3CC[C@]12C)C(C)C. The normalized spacial score (nSPS) is 50.5. The van der Waals surface area contributed by atoms with Crippen LogP contribution in [0.1, 0.15) is 113 Å².